The molecule has 3 heteroatoms. The molecule has 112 valence electrons. The summed E-state index contributed by atoms with van der Waals surface area (Å²) in [5.41, 5.74) is 10.5. The summed E-state index contributed by atoms with van der Waals surface area (Å²) in [6, 6.07) is 8.43. The Bertz CT molecular complexity index is 595. The van der Waals surface area contributed by atoms with Gasteiger partial charge in [0.1, 0.15) is 0 Å². The zero-order valence-electron chi connectivity index (χ0n) is 12.8. The maximum absolute atomic E-state index is 6.07. The maximum atomic E-state index is 6.07. The van der Waals surface area contributed by atoms with Gasteiger partial charge in [0, 0.05) is 5.92 Å². The highest BCUT2D eigenvalue weighted by atomic mass is 16.5. The molecule has 1 aromatic carbocycles. The van der Waals surface area contributed by atoms with Gasteiger partial charge < -0.3 is 10.3 Å². The van der Waals surface area contributed by atoms with Crippen LogP contribution in [0.2, 0.25) is 0 Å². The fourth-order valence-electron chi connectivity index (χ4n) is 3.41. The van der Waals surface area contributed by atoms with Crippen molar-refractivity contribution in [1.82, 2.24) is 5.16 Å². The molecule has 21 heavy (non-hydrogen) atoms. The van der Waals surface area contributed by atoms with Gasteiger partial charge in [-0.3, -0.25) is 0 Å². The number of nitrogens with two attached hydrogens (primary N) is 1. The minimum Gasteiger partial charge on any atom is -0.367 e. The highest BCUT2D eigenvalue weighted by Gasteiger charge is 2.24. The number of hydrogen-bond acceptors (Lipinski definition) is 3. The molecule has 1 heterocycles. The maximum Gasteiger partial charge on any atom is 0.230 e. The molecule has 0 spiro atoms. The Labute approximate surface area is 126 Å². The van der Waals surface area contributed by atoms with E-state index in [4.69, 9.17) is 10.3 Å². The summed E-state index contributed by atoms with van der Waals surface area (Å²) in [4.78, 5) is 0. The van der Waals surface area contributed by atoms with Crippen LogP contribution in [0.5, 0.6) is 0 Å². The van der Waals surface area contributed by atoms with E-state index in [0.717, 1.165) is 16.8 Å². The minimum atomic E-state index is 0.456. The van der Waals surface area contributed by atoms with Gasteiger partial charge in [-0.15, -0.1) is 0 Å². The Morgan fingerprint density at radius 2 is 1.81 bits per heavy atom. The van der Waals surface area contributed by atoms with E-state index in [1.54, 1.807) is 0 Å². The van der Waals surface area contributed by atoms with E-state index >= 15 is 0 Å². The van der Waals surface area contributed by atoms with Crippen LogP contribution in [0, 0.1) is 6.92 Å². The standard InChI is InChI=1S/C18H24N2O/c1-13-8-7-11-15(12-13)16-17(20-21-18(16)19)14-9-5-3-2-4-6-10-14/h7-8,11-12,14H,2-6,9-10,19H2,1H3. The molecule has 0 unspecified atom stereocenters. The monoisotopic (exact) mass is 284 g/mol. The number of anilines is 1. The Balaban J connectivity index is 1.96. The number of aromatic nitrogens is 1. The normalized spacial score (nSPS) is 17.4. The van der Waals surface area contributed by atoms with Crippen LogP contribution >= 0.6 is 0 Å². The first-order valence-corrected chi connectivity index (χ1v) is 8.08. The Morgan fingerprint density at radius 1 is 1.10 bits per heavy atom. The van der Waals surface area contributed by atoms with Gasteiger partial charge in [-0.25, -0.2) is 0 Å². The smallest absolute Gasteiger partial charge is 0.230 e. The average Bonchev–Trinajstić information content (AvgIpc) is 2.80. The number of benzene rings is 1. The Hall–Kier alpha value is -1.77. The molecule has 2 aromatic rings. The molecular formula is C18H24N2O. The fourth-order valence-corrected chi connectivity index (χ4v) is 3.41. The lowest BCUT2D eigenvalue weighted by atomic mass is 9.86. The predicted molar refractivity (Wildman–Crippen MR) is 86.1 cm³/mol. The third-order valence-electron chi connectivity index (χ3n) is 4.54. The lowest BCUT2D eigenvalue weighted by Crippen LogP contribution is -2.04. The molecular weight excluding hydrogens is 260 g/mol. The van der Waals surface area contributed by atoms with Crippen LogP contribution in [0.25, 0.3) is 11.1 Å². The van der Waals surface area contributed by atoms with Crippen LogP contribution in [0.1, 0.15) is 62.1 Å². The molecule has 1 fully saturated rings. The van der Waals surface area contributed by atoms with E-state index in [0.29, 0.717) is 11.8 Å². The van der Waals surface area contributed by atoms with Crippen molar-refractivity contribution in [3.8, 4) is 11.1 Å². The summed E-state index contributed by atoms with van der Waals surface area (Å²) in [5.74, 6) is 0.944. The van der Waals surface area contributed by atoms with E-state index in [-0.39, 0.29) is 0 Å². The van der Waals surface area contributed by atoms with Crippen LogP contribution in [0.3, 0.4) is 0 Å². The molecule has 0 radical (unpaired) electrons. The van der Waals surface area contributed by atoms with Gasteiger partial charge >= 0.3 is 0 Å². The largest absolute Gasteiger partial charge is 0.367 e. The molecule has 0 atom stereocenters. The highest BCUT2D eigenvalue weighted by molar-refractivity contribution is 5.75. The zero-order valence-corrected chi connectivity index (χ0v) is 12.8. The van der Waals surface area contributed by atoms with E-state index < -0.39 is 0 Å². The van der Waals surface area contributed by atoms with E-state index in [1.807, 2.05) is 0 Å². The van der Waals surface area contributed by atoms with Crippen molar-refractivity contribution in [3.05, 3.63) is 35.5 Å². The van der Waals surface area contributed by atoms with Gasteiger partial charge in [0.25, 0.3) is 0 Å². The van der Waals surface area contributed by atoms with E-state index in [2.05, 4.69) is 36.3 Å². The van der Waals surface area contributed by atoms with Gasteiger partial charge in [0.2, 0.25) is 5.88 Å². The lowest BCUT2D eigenvalue weighted by Gasteiger charge is -2.18. The Morgan fingerprint density at radius 3 is 2.52 bits per heavy atom. The van der Waals surface area contributed by atoms with Crippen molar-refractivity contribution in [2.75, 3.05) is 5.73 Å². The van der Waals surface area contributed by atoms with E-state index in [9.17, 15) is 0 Å². The van der Waals surface area contributed by atoms with Crippen LogP contribution in [-0.4, -0.2) is 5.16 Å². The van der Waals surface area contributed by atoms with E-state index in [1.165, 1.54) is 50.5 Å². The molecule has 0 bridgehead atoms. The number of aryl methyl sites for hydroxylation is 1. The SMILES string of the molecule is Cc1cccc(-c2c(C3CCCCCCC3)noc2N)c1. The van der Waals surface area contributed by atoms with Crippen molar-refractivity contribution in [1.29, 1.82) is 0 Å². The fraction of sp³-hybridized carbons (Fsp3) is 0.500. The summed E-state index contributed by atoms with van der Waals surface area (Å²) in [7, 11) is 0. The van der Waals surface area contributed by atoms with Crippen LogP contribution in [-0.2, 0) is 0 Å². The molecule has 0 aliphatic heterocycles. The second-order valence-electron chi connectivity index (χ2n) is 6.22. The topological polar surface area (TPSA) is 52.0 Å². The molecule has 2 N–H and O–H groups in total. The van der Waals surface area contributed by atoms with Crippen molar-refractivity contribution in [2.45, 2.75) is 57.8 Å². The second kappa shape index (κ2) is 6.33. The summed E-state index contributed by atoms with van der Waals surface area (Å²) in [5, 5.41) is 4.32. The van der Waals surface area contributed by atoms with Gasteiger partial charge in [-0.1, -0.05) is 67.1 Å². The molecule has 0 saturated heterocycles. The average molecular weight is 284 g/mol. The van der Waals surface area contributed by atoms with Crippen molar-refractivity contribution in [2.24, 2.45) is 0 Å². The molecule has 0 amide bonds. The number of hydrogen-bond donors (Lipinski definition) is 1. The summed E-state index contributed by atoms with van der Waals surface area (Å²) < 4.78 is 5.34. The first-order chi connectivity index (χ1) is 10.3. The van der Waals surface area contributed by atoms with Gasteiger partial charge in [0.05, 0.1) is 11.3 Å². The Kier molecular flexibility index (Phi) is 4.28. The summed E-state index contributed by atoms with van der Waals surface area (Å²) >= 11 is 0. The van der Waals surface area contributed by atoms with Gasteiger partial charge in [-0.05, 0) is 25.3 Å². The quantitative estimate of drug-likeness (QED) is 0.838. The molecule has 1 aliphatic rings. The van der Waals surface area contributed by atoms with Crippen molar-refractivity contribution in [3.63, 3.8) is 0 Å². The van der Waals surface area contributed by atoms with Crippen LogP contribution in [0.15, 0.2) is 28.8 Å². The lowest BCUT2D eigenvalue weighted by molar-refractivity contribution is 0.395. The third-order valence-corrected chi connectivity index (χ3v) is 4.54. The summed E-state index contributed by atoms with van der Waals surface area (Å²) in [6.07, 6.45) is 9.01. The summed E-state index contributed by atoms with van der Waals surface area (Å²) in [6.45, 7) is 2.10. The molecule has 1 aromatic heterocycles. The molecule has 3 rings (SSSR count). The minimum absolute atomic E-state index is 0.456. The predicted octanol–water partition coefficient (Wildman–Crippen LogP) is 5.06. The number of nitrogen functional groups attached to an aromatic ring is 1. The third kappa shape index (κ3) is 3.12. The van der Waals surface area contributed by atoms with Gasteiger partial charge in [-0.2, -0.15) is 0 Å². The zero-order chi connectivity index (χ0) is 14.7. The first-order valence-electron chi connectivity index (χ1n) is 8.08. The first kappa shape index (κ1) is 14.2. The number of nitrogens with zero attached hydrogens (tertiary/aromatic N) is 1. The number of rotatable bonds is 2. The second-order valence-corrected chi connectivity index (χ2v) is 6.22. The molecule has 1 saturated carbocycles. The van der Waals surface area contributed by atoms with Gasteiger partial charge in [0.15, 0.2) is 0 Å². The van der Waals surface area contributed by atoms with Crippen molar-refractivity contribution >= 4 is 5.88 Å². The highest BCUT2D eigenvalue weighted by Crippen LogP contribution is 2.39. The van der Waals surface area contributed by atoms with Crippen LogP contribution < -0.4 is 5.73 Å². The molecule has 3 nitrogen and oxygen atoms in total. The van der Waals surface area contributed by atoms with Crippen LogP contribution in [0.4, 0.5) is 5.88 Å². The molecule has 1 aliphatic carbocycles. The van der Waals surface area contributed by atoms with Crippen molar-refractivity contribution < 1.29 is 4.52 Å².